The second-order valence-corrected chi connectivity index (χ2v) is 7.51. The molecule has 0 spiro atoms. The van der Waals surface area contributed by atoms with Crippen LogP contribution in [0.15, 0.2) is 72.8 Å². The highest BCUT2D eigenvalue weighted by Gasteiger charge is 2.15. The summed E-state index contributed by atoms with van der Waals surface area (Å²) >= 11 is 4.30. The SMILES string of the molecule is Nc1ccccc1-c1ccccc1-c1sc2ccccc2c1I. The van der Waals surface area contributed by atoms with Crippen molar-refractivity contribution in [3.05, 3.63) is 76.4 Å². The number of rotatable bonds is 2. The van der Waals surface area contributed by atoms with Crippen LogP contribution in [0.1, 0.15) is 0 Å². The van der Waals surface area contributed by atoms with Gasteiger partial charge < -0.3 is 5.73 Å². The first-order valence-electron chi connectivity index (χ1n) is 7.37. The molecule has 1 aromatic heterocycles. The van der Waals surface area contributed by atoms with E-state index in [0.717, 1.165) is 11.3 Å². The third kappa shape index (κ3) is 2.54. The van der Waals surface area contributed by atoms with Crippen LogP contribution in [-0.4, -0.2) is 0 Å². The van der Waals surface area contributed by atoms with E-state index in [2.05, 4.69) is 77.2 Å². The second kappa shape index (κ2) is 5.98. The summed E-state index contributed by atoms with van der Waals surface area (Å²) < 4.78 is 2.63. The largest absolute Gasteiger partial charge is 0.398 e. The smallest absolute Gasteiger partial charge is 0.0495 e. The van der Waals surface area contributed by atoms with Gasteiger partial charge in [-0.1, -0.05) is 60.7 Å². The van der Waals surface area contributed by atoms with Crippen molar-refractivity contribution >= 4 is 49.7 Å². The number of thiophene rings is 1. The van der Waals surface area contributed by atoms with Crippen molar-refractivity contribution in [2.75, 3.05) is 5.73 Å². The molecule has 4 rings (SSSR count). The summed E-state index contributed by atoms with van der Waals surface area (Å²) in [6.07, 6.45) is 0. The summed E-state index contributed by atoms with van der Waals surface area (Å²) in [7, 11) is 0. The lowest BCUT2D eigenvalue weighted by Crippen LogP contribution is -1.91. The zero-order valence-electron chi connectivity index (χ0n) is 12.3. The summed E-state index contributed by atoms with van der Waals surface area (Å²) in [5.41, 5.74) is 10.6. The van der Waals surface area contributed by atoms with Crippen molar-refractivity contribution in [2.24, 2.45) is 0 Å². The van der Waals surface area contributed by atoms with Gasteiger partial charge in [-0.2, -0.15) is 0 Å². The molecule has 0 aliphatic carbocycles. The number of benzene rings is 3. The van der Waals surface area contributed by atoms with Gasteiger partial charge in [-0.15, -0.1) is 11.3 Å². The van der Waals surface area contributed by atoms with Gasteiger partial charge in [0.05, 0.1) is 0 Å². The van der Waals surface area contributed by atoms with E-state index in [1.54, 1.807) is 0 Å². The number of nitrogens with two attached hydrogens (primary N) is 1. The Hall–Kier alpha value is -1.85. The first-order chi connectivity index (χ1) is 11.3. The van der Waals surface area contributed by atoms with E-state index in [-0.39, 0.29) is 0 Å². The van der Waals surface area contributed by atoms with Gasteiger partial charge in [-0.3, -0.25) is 0 Å². The van der Waals surface area contributed by atoms with Crippen LogP contribution >= 0.6 is 33.9 Å². The number of halogens is 1. The molecular weight excluding hydrogens is 413 g/mol. The zero-order chi connectivity index (χ0) is 15.8. The van der Waals surface area contributed by atoms with Crippen molar-refractivity contribution in [2.45, 2.75) is 0 Å². The number of anilines is 1. The molecule has 1 nitrogen and oxygen atoms in total. The monoisotopic (exact) mass is 427 g/mol. The Morgan fingerprint density at radius 1 is 0.696 bits per heavy atom. The van der Waals surface area contributed by atoms with Gasteiger partial charge in [0.1, 0.15) is 0 Å². The third-order valence-electron chi connectivity index (χ3n) is 3.96. The fourth-order valence-electron chi connectivity index (χ4n) is 2.85. The molecule has 1 heterocycles. The van der Waals surface area contributed by atoms with Gasteiger partial charge in [-0.05, 0) is 40.3 Å². The van der Waals surface area contributed by atoms with E-state index < -0.39 is 0 Å². The molecular formula is C20H14INS. The van der Waals surface area contributed by atoms with Gasteiger partial charge >= 0.3 is 0 Å². The lowest BCUT2D eigenvalue weighted by molar-refractivity contribution is 1.60. The maximum Gasteiger partial charge on any atom is 0.0495 e. The lowest BCUT2D eigenvalue weighted by atomic mass is 9.97. The summed E-state index contributed by atoms with van der Waals surface area (Å²) in [5, 5.41) is 1.32. The summed E-state index contributed by atoms with van der Waals surface area (Å²) in [4.78, 5) is 1.31. The van der Waals surface area contributed by atoms with Crippen LogP contribution in [0.2, 0.25) is 0 Å². The molecule has 3 aromatic carbocycles. The lowest BCUT2D eigenvalue weighted by Gasteiger charge is -2.11. The molecule has 0 unspecified atom stereocenters. The molecule has 0 saturated carbocycles. The van der Waals surface area contributed by atoms with E-state index in [9.17, 15) is 0 Å². The van der Waals surface area contributed by atoms with Gasteiger partial charge in [0.2, 0.25) is 0 Å². The van der Waals surface area contributed by atoms with Gasteiger partial charge in [0.15, 0.2) is 0 Å². The van der Waals surface area contributed by atoms with Crippen molar-refractivity contribution in [1.82, 2.24) is 0 Å². The first kappa shape index (κ1) is 14.7. The van der Waals surface area contributed by atoms with Crippen molar-refractivity contribution in [1.29, 1.82) is 0 Å². The molecule has 0 aliphatic heterocycles. The second-order valence-electron chi connectivity index (χ2n) is 5.37. The molecule has 4 aromatic rings. The topological polar surface area (TPSA) is 26.0 Å². The maximum absolute atomic E-state index is 6.21. The number of para-hydroxylation sites is 1. The van der Waals surface area contributed by atoms with Crippen LogP contribution in [0.25, 0.3) is 31.7 Å². The van der Waals surface area contributed by atoms with Crippen LogP contribution < -0.4 is 5.73 Å². The molecule has 0 amide bonds. The molecule has 0 radical (unpaired) electrons. The zero-order valence-corrected chi connectivity index (χ0v) is 15.3. The van der Waals surface area contributed by atoms with E-state index in [0.29, 0.717) is 0 Å². The number of nitrogen functional groups attached to an aromatic ring is 1. The molecule has 3 heteroatoms. The Kier molecular flexibility index (Phi) is 3.83. The van der Waals surface area contributed by atoms with Crippen molar-refractivity contribution in [3.8, 4) is 21.6 Å². The molecule has 0 bridgehead atoms. The molecule has 0 saturated heterocycles. The molecule has 2 N–H and O–H groups in total. The summed E-state index contributed by atoms with van der Waals surface area (Å²) in [5.74, 6) is 0. The minimum Gasteiger partial charge on any atom is -0.398 e. The van der Waals surface area contributed by atoms with E-state index in [1.807, 2.05) is 29.5 Å². The van der Waals surface area contributed by atoms with Crippen LogP contribution in [0.3, 0.4) is 0 Å². The van der Waals surface area contributed by atoms with Crippen molar-refractivity contribution in [3.63, 3.8) is 0 Å². The normalized spacial score (nSPS) is 11.0. The highest BCUT2D eigenvalue weighted by Crippen LogP contribution is 2.43. The molecule has 23 heavy (non-hydrogen) atoms. The van der Waals surface area contributed by atoms with Crippen molar-refractivity contribution < 1.29 is 0 Å². The average molecular weight is 427 g/mol. The van der Waals surface area contributed by atoms with Crippen LogP contribution in [0.4, 0.5) is 5.69 Å². The molecule has 0 fully saturated rings. The van der Waals surface area contributed by atoms with Crippen LogP contribution in [0.5, 0.6) is 0 Å². The highest BCUT2D eigenvalue weighted by atomic mass is 127. The minimum atomic E-state index is 0.816. The number of hydrogen-bond acceptors (Lipinski definition) is 2. The molecule has 0 atom stereocenters. The summed E-state index contributed by atoms with van der Waals surface area (Å²) in [6.45, 7) is 0. The molecule has 112 valence electrons. The predicted molar refractivity (Wildman–Crippen MR) is 110 cm³/mol. The van der Waals surface area contributed by atoms with Crippen LogP contribution in [-0.2, 0) is 0 Å². The Bertz CT molecular complexity index is 1000. The minimum absolute atomic E-state index is 0.816. The van der Waals surface area contributed by atoms with E-state index in [1.165, 1.54) is 29.7 Å². The molecule has 0 aliphatic rings. The fourth-order valence-corrected chi connectivity index (χ4v) is 5.25. The number of fused-ring (bicyclic) bond motifs is 1. The van der Waals surface area contributed by atoms with E-state index >= 15 is 0 Å². The Morgan fingerprint density at radius 3 is 2.04 bits per heavy atom. The summed E-state index contributed by atoms with van der Waals surface area (Å²) in [6, 6.07) is 25.2. The maximum atomic E-state index is 6.21. The predicted octanol–water partition coefficient (Wildman–Crippen LogP) is 6.42. The van der Waals surface area contributed by atoms with Crippen LogP contribution in [0, 0.1) is 3.57 Å². The Balaban J connectivity index is 2.00. The standard InChI is InChI=1S/C20H14INS/c21-19-16-10-4-6-12-18(16)23-20(19)15-9-2-1-7-13(15)14-8-3-5-11-17(14)22/h1-12H,22H2. The fraction of sp³-hybridized carbons (Fsp3) is 0. The van der Waals surface area contributed by atoms with Gasteiger partial charge in [0.25, 0.3) is 0 Å². The first-order valence-corrected chi connectivity index (χ1v) is 9.26. The number of hydrogen-bond donors (Lipinski definition) is 1. The van der Waals surface area contributed by atoms with Gasteiger partial charge in [-0.25, -0.2) is 0 Å². The Labute approximate surface area is 152 Å². The van der Waals surface area contributed by atoms with Gasteiger partial charge in [0, 0.05) is 35.3 Å². The quantitative estimate of drug-likeness (QED) is 0.290. The highest BCUT2D eigenvalue weighted by molar-refractivity contribution is 14.1. The third-order valence-corrected chi connectivity index (χ3v) is 6.65. The Morgan fingerprint density at radius 2 is 1.30 bits per heavy atom. The average Bonchev–Trinajstić information content (AvgIpc) is 2.93. The van der Waals surface area contributed by atoms with E-state index in [4.69, 9.17) is 5.73 Å².